The lowest BCUT2D eigenvalue weighted by atomic mass is 10.2. The van der Waals surface area contributed by atoms with Gasteiger partial charge in [-0.15, -0.1) is 0 Å². The highest BCUT2D eigenvalue weighted by Gasteiger charge is 2.05. The van der Waals surface area contributed by atoms with Gasteiger partial charge in [0, 0.05) is 12.6 Å². The van der Waals surface area contributed by atoms with Gasteiger partial charge < -0.3 is 4.57 Å². The molecule has 2 aromatic rings. The van der Waals surface area contributed by atoms with Crippen LogP contribution in [0.5, 0.6) is 0 Å². The van der Waals surface area contributed by atoms with Crippen molar-refractivity contribution in [3.63, 3.8) is 0 Å². The van der Waals surface area contributed by atoms with Crippen LogP contribution in [0.3, 0.4) is 0 Å². The zero-order valence-corrected chi connectivity index (χ0v) is 7.92. The smallest absolute Gasteiger partial charge is 0.140 e. The van der Waals surface area contributed by atoms with Crippen molar-refractivity contribution in [2.75, 3.05) is 0 Å². The Balaban J connectivity index is 2.58. The molecular formula is C10H9ClN2. The van der Waals surface area contributed by atoms with Crippen molar-refractivity contribution in [1.29, 1.82) is 0 Å². The van der Waals surface area contributed by atoms with Gasteiger partial charge in [-0.1, -0.05) is 41.9 Å². The SMILES string of the molecule is [2H]c1nc(-c2ccccc2)n(C)c1Cl. The van der Waals surface area contributed by atoms with E-state index < -0.39 is 0 Å². The van der Waals surface area contributed by atoms with Gasteiger partial charge in [-0.3, -0.25) is 0 Å². The van der Waals surface area contributed by atoms with Gasteiger partial charge in [0.2, 0.25) is 0 Å². The zero-order valence-electron chi connectivity index (χ0n) is 8.16. The Bertz CT molecular complexity index is 451. The molecule has 0 bridgehead atoms. The van der Waals surface area contributed by atoms with Crippen molar-refractivity contribution in [2.45, 2.75) is 0 Å². The van der Waals surface area contributed by atoms with Gasteiger partial charge in [0.15, 0.2) is 0 Å². The van der Waals surface area contributed by atoms with Crippen LogP contribution in [0.1, 0.15) is 1.37 Å². The van der Waals surface area contributed by atoms with E-state index in [1.807, 2.05) is 30.3 Å². The fraction of sp³-hybridized carbons (Fsp3) is 0.100. The van der Waals surface area contributed by atoms with Gasteiger partial charge in [0.1, 0.15) is 11.0 Å². The number of rotatable bonds is 1. The van der Waals surface area contributed by atoms with Crippen LogP contribution in [0.4, 0.5) is 0 Å². The van der Waals surface area contributed by atoms with E-state index in [2.05, 4.69) is 4.98 Å². The van der Waals surface area contributed by atoms with Crippen molar-refractivity contribution < 1.29 is 1.37 Å². The van der Waals surface area contributed by atoms with Crippen LogP contribution >= 0.6 is 11.6 Å². The highest BCUT2D eigenvalue weighted by Crippen LogP contribution is 2.20. The molecule has 0 radical (unpaired) electrons. The third-order valence-corrected chi connectivity index (χ3v) is 2.24. The van der Waals surface area contributed by atoms with Gasteiger partial charge >= 0.3 is 0 Å². The topological polar surface area (TPSA) is 17.8 Å². The fourth-order valence-electron chi connectivity index (χ4n) is 1.19. The molecule has 0 spiro atoms. The minimum atomic E-state index is 0.119. The predicted molar refractivity (Wildman–Crippen MR) is 53.7 cm³/mol. The minimum Gasteiger partial charge on any atom is -0.318 e. The molecule has 2 rings (SSSR count). The third kappa shape index (κ3) is 1.45. The quantitative estimate of drug-likeness (QED) is 0.681. The Morgan fingerprint density at radius 3 is 2.62 bits per heavy atom. The monoisotopic (exact) mass is 193 g/mol. The van der Waals surface area contributed by atoms with E-state index in [9.17, 15) is 0 Å². The number of benzene rings is 1. The van der Waals surface area contributed by atoms with Gasteiger partial charge in [0.25, 0.3) is 0 Å². The summed E-state index contributed by atoms with van der Waals surface area (Å²) in [5.74, 6) is 0.723. The van der Waals surface area contributed by atoms with E-state index in [-0.39, 0.29) is 6.17 Å². The van der Waals surface area contributed by atoms with E-state index in [1.165, 1.54) is 0 Å². The number of halogens is 1. The first kappa shape index (κ1) is 7.15. The van der Waals surface area contributed by atoms with Crippen LogP contribution in [0.2, 0.25) is 5.15 Å². The molecule has 0 aliphatic heterocycles. The Kier molecular flexibility index (Phi) is 1.78. The Hall–Kier alpha value is -1.28. The van der Waals surface area contributed by atoms with E-state index in [0.29, 0.717) is 5.15 Å². The second-order valence-electron chi connectivity index (χ2n) is 2.76. The standard InChI is InChI=1S/C10H9ClN2/c1-13-9(11)7-12-10(13)8-5-3-2-4-6-8/h2-7H,1H3/i7D. The molecule has 66 valence electrons. The lowest BCUT2D eigenvalue weighted by molar-refractivity contribution is 0.926. The summed E-state index contributed by atoms with van der Waals surface area (Å²) in [6.07, 6.45) is 0.119. The molecule has 0 unspecified atom stereocenters. The normalized spacial score (nSPS) is 11.4. The molecule has 3 heteroatoms. The van der Waals surface area contributed by atoms with Crippen molar-refractivity contribution in [2.24, 2.45) is 7.05 Å². The van der Waals surface area contributed by atoms with Gasteiger partial charge in [-0.25, -0.2) is 4.98 Å². The summed E-state index contributed by atoms with van der Waals surface area (Å²) in [5.41, 5.74) is 0.968. The molecule has 0 saturated carbocycles. The van der Waals surface area contributed by atoms with Crippen molar-refractivity contribution in [1.82, 2.24) is 9.55 Å². The number of aromatic nitrogens is 2. The number of nitrogens with zero attached hydrogens (tertiary/aromatic N) is 2. The Morgan fingerprint density at radius 1 is 1.38 bits per heavy atom. The first-order valence-corrected chi connectivity index (χ1v) is 4.32. The molecule has 1 heterocycles. The van der Waals surface area contributed by atoms with Crippen LogP contribution in [-0.4, -0.2) is 9.55 Å². The summed E-state index contributed by atoms with van der Waals surface area (Å²) in [7, 11) is 1.80. The van der Waals surface area contributed by atoms with Crippen molar-refractivity contribution in [3.8, 4) is 11.4 Å². The van der Waals surface area contributed by atoms with Crippen molar-refractivity contribution in [3.05, 3.63) is 41.7 Å². The van der Waals surface area contributed by atoms with Crippen LogP contribution in [-0.2, 0) is 7.05 Å². The molecular weight excluding hydrogens is 184 g/mol. The van der Waals surface area contributed by atoms with E-state index >= 15 is 0 Å². The molecule has 1 aromatic carbocycles. The third-order valence-electron chi connectivity index (χ3n) is 1.90. The molecule has 0 atom stereocenters. The first-order chi connectivity index (χ1) is 6.70. The van der Waals surface area contributed by atoms with Gasteiger partial charge in [0.05, 0.1) is 7.54 Å². The summed E-state index contributed by atoms with van der Waals surface area (Å²) in [5, 5.41) is 0.365. The van der Waals surface area contributed by atoms with Crippen LogP contribution in [0.15, 0.2) is 36.5 Å². The largest absolute Gasteiger partial charge is 0.318 e. The average molecular weight is 194 g/mol. The average Bonchev–Trinajstić information content (AvgIpc) is 2.47. The molecule has 0 amide bonds. The van der Waals surface area contributed by atoms with E-state index in [1.54, 1.807) is 11.6 Å². The minimum absolute atomic E-state index is 0.119. The molecule has 1 aromatic heterocycles. The van der Waals surface area contributed by atoms with Crippen molar-refractivity contribution >= 4 is 11.6 Å². The lowest BCUT2D eigenvalue weighted by Crippen LogP contribution is -1.91. The number of hydrogen-bond acceptors (Lipinski definition) is 1. The molecule has 0 fully saturated rings. The summed E-state index contributed by atoms with van der Waals surface area (Å²) >= 11 is 5.86. The lowest BCUT2D eigenvalue weighted by Gasteiger charge is -2.01. The Labute approximate surface area is 83.2 Å². The molecule has 0 saturated heterocycles. The molecule has 2 nitrogen and oxygen atoms in total. The second kappa shape index (κ2) is 3.23. The second-order valence-corrected chi connectivity index (χ2v) is 3.12. The van der Waals surface area contributed by atoms with Crippen LogP contribution < -0.4 is 0 Å². The number of hydrogen-bond donors (Lipinski definition) is 0. The Morgan fingerprint density at radius 2 is 2.08 bits per heavy atom. The fourth-order valence-corrected chi connectivity index (χ4v) is 1.31. The number of imidazole rings is 1. The molecule has 13 heavy (non-hydrogen) atoms. The maximum absolute atomic E-state index is 7.47. The molecule has 0 aliphatic carbocycles. The summed E-state index contributed by atoms with van der Waals surface area (Å²) < 4.78 is 9.17. The molecule has 0 N–H and O–H groups in total. The zero-order chi connectivity index (χ0) is 10.1. The van der Waals surface area contributed by atoms with Gasteiger partial charge in [-0.05, 0) is 0 Å². The summed E-state index contributed by atoms with van der Waals surface area (Å²) in [6.45, 7) is 0. The first-order valence-electron chi connectivity index (χ1n) is 4.44. The van der Waals surface area contributed by atoms with E-state index in [0.717, 1.165) is 11.4 Å². The maximum atomic E-state index is 7.47. The highest BCUT2D eigenvalue weighted by atomic mass is 35.5. The van der Waals surface area contributed by atoms with E-state index in [4.69, 9.17) is 13.0 Å². The highest BCUT2D eigenvalue weighted by molar-refractivity contribution is 6.29. The summed E-state index contributed by atoms with van der Waals surface area (Å²) in [6, 6.07) is 9.69. The molecule has 0 aliphatic rings. The van der Waals surface area contributed by atoms with Crippen LogP contribution in [0, 0.1) is 0 Å². The van der Waals surface area contributed by atoms with Crippen LogP contribution in [0.25, 0.3) is 11.4 Å². The predicted octanol–water partition coefficient (Wildman–Crippen LogP) is 2.74. The maximum Gasteiger partial charge on any atom is 0.140 e. The van der Waals surface area contributed by atoms with Gasteiger partial charge in [-0.2, -0.15) is 0 Å². The summed E-state index contributed by atoms with van der Waals surface area (Å²) in [4.78, 5) is 4.08.